The van der Waals surface area contributed by atoms with Gasteiger partial charge in [-0.15, -0.1) is 0 Å². The number of aromatic hydroxyl groups is 2. The molecule has 21 heavy (non-hydrogen) atoms. The normalized spacial score (nSPS) is 18.8. The first-order valence-electron chi connectivity index (χ1n) is 7.31. The van der Waals surface area contributed by atoms with E-state index >= 15 is 0 Å². The van der Waals surface area contributed by atoms with Crippen molar-refractivity contribution in [3.63, 3.8) is 0 Å². The molecular weight excluding hydrogens is 268 g/mol. The van der Waals surface area contributed by atoms with E-state index in [4.69, 9.17) is 4.52 Å². The standard InChI is InChI=1S/C16H20N2O3/c1-16(2)8-6-10(7-9-16)14-17-15(21-18-14)13-11(19)4-3-5-12(13)20/h3-5,10,19-20H,6-9H2,1-2H3. The van der Waals surface area contributed by atoms with Gasteiger partial charge in [-0.3, -0.25) is 0 Å². The zero-order chi connectivity index (χ0) is 15.0. The van der Waals surface area contributed by atoms with Gasteiger partial charge in [0.05, 0.1) is 0 Å². The van der Waals surface area contributed by atoms with E-state index in [1.165, 1.54) is 12.1 Å². The fourth-order valence-electron chi connectivity index (χ4n) is 2.91. The van der Waals surface area contributed by atoms with Crippen LogP contribution in [-0.2, 0) is 0 Å². The van der Waals surface area contributed by atoms with Crippen molar-refractivity contribution in [1.82, 2.24) is 10.1 Å². The molecule has 112 valence electrons. The molecule has 0 atom stereocenters. The van der Waals surface area contributed by atoms with E-state index in [1.54, 1.807) is 6.07 Å². The Hall–Kier alpha value is -2.04. The van der Waals surface area contributed by atoms with Crippen molar-refractivity contribution in [1.29, 1.82) is 0 Å². The molecule has 1 fully saturated rings. The number of nitrogens with zero attached hydrogens (tertiary/aromatic N) is 2. The van der Waals surface area contributed by atoms with E-state index in [0.717, 1.165) is 25.7 Å². The zero-order valence-corrected chi connectivity index (χ0v) is 12.3. The number of phenolic OH excluding ortho intramolecular Hbond substituents is 2. The Labute approximate surface area is 123 Å². The first-order chi connectivity index (χ1) is 9.96. The highest BCUT2D eigenvalue weighted by molar-refractivity contribution is 5.69. The summed E-state index contributed by atoms with van der Waals surface area (Å²) in [4.78, 5) is 4.38. The van der Waals surface area contributed by atoms with Crippen molar-refractivity contribution in [3.8, 4) is 23.0 Å². The molecule has 0 spiro atoms. The maximum atomic E-state index is 9.85. The van der Waals surface area contributed by atoms with E-state index in [1.807, 2.05) is 0 Å². The topological polar surface area (TPSA) is 79.4 Å². The number of hydrogen-bond acceptors (Lipinski definition) is 5. The summed E-state index contributed by atoms with van der Waals surface area (Å²) in [5, 5.41) is 23.7. The molecule has 1 aromatic carbocycles. The van der Waals surface area contributed by atoms with Crippen molar-refractivity contribution in [3.05, 3.63) is 24.0 Å². The molecule has 1 aliphatic rings. The average Bonchev–Trinajstić information content (AvgIpc) is 2.88. The molecule has 2 aromatic rings. The van der Waals surface area contributed by atoms with Crippen LogP contribution in [0.4, 0.5) is 0 Å². The van der Waals surface area contributed by atoms with Gasteiger partial charge in [0, 0.05) is 5.92 Å². The van der Waals surface area contributed by atoms with Crippen LogP contribution in [0.15, 0.2) is 22.7 Å². The van der Waals surface area contributed by atoms with E-state index < -0.39 is 0 Å². The lowest BCUT2D eigenvalue weighted by molar-refractivity contribution is 0.218. The van der Waals surface area contributed by atoms with Gasteiger partial charge in [-0.2, -0.15) is 4.98 Å². The third kappa shape index (κ3) is 2.73. The summed E-state index contributed by atoms with van der Waals surface area (Å²) < 4.78 is 5.24. The second-order valence-corrected chi connectivity index (χ2v) is 6.57. The SMILES string of the molecule is CC1(C)CCC(c2noc(-c3c(O)cccc3O)n2)CC1. The van der Waals surface area contributed by atoms with E-state index in [0.29, 0.717) is 17.2 Å². The van der Waals surface area contributed by atoms with E-state index in [9.17, 15) is 10.2 Å². The van der Waals surface area contributed by atoms with Gasteiger partial charge in [0.2, 0.25) is 0 Å². The second kappa shape index (κ2) is 5.06. The summed E-state index contributed by atoms with van der Waals surface area (Å²) in [7, 11) is 0. The maximum absolute atomic E-state index is 9.85. The molecular formula is C16H20N2O3. The lowest BCUT2D eigenvalue weighted by Crippen LogP contribution is -2.20. The van der Waals surface area contributed by atoms with Gasteiger partial charge < -0.3 is 14.7 Å². The van der Waals surface area contributed by atoms with Crippen LogP contribution >= 0.6 is 0 Å². The van der Waals surface area contributed by atoms with Crippen LogP contribution in [0.3, 0.4) is 0 Å². The van der Waals surface area contributed by atoms with Gasteiger partial charge in [0.1, 0.15) is 17.1 Å². The van der Waals surface area contributed by atoms with Gasteiger partial charge in [-0.25, -0.2) is 0 Å². The number of phenols is 2. The van der Waals surface area contributed by atoms with Crippen molar-refractivity contribution >= 4 is 0 Å². The lowest BCUT2D eigenvalue weighted by Gasteiger charge is -2.32. The molecule has 2 N–H and O–H groups in total. The van der Waals surface area contributed by atoms with Crippen molar-refractivity contribution in [2.24, 2.45) is 5.41 Å². The van der Waals surface area contributed by atoms with Crippen LogP contribution in [-0.4, -0.2) is 20.4 Å². The van der Waals surface area contributed by atoms with Crippen molar-refractivity contribution in [2.45, 2.75) is 45.4 Å². The number of aromatic nitrogens is 2. The minimum absolute atomic E-state index is 0.0602. The summed E-state index contributed by atoms with van der Waals surface area (Å²) in [6.45, 7) is 4.57. The maximum Gasteiger partial charge on any atom is 0.265 e. The molecule has 0 saturated heterocycles. The summed E-state index contributed by atoms with van der Waals surface area (Å²) >= 11 is 0. The minimum atomic E-state index is -0.0602. The summed E-state index contributed by atoms with van der Waals surface area (Å²) in [6, 6.07) is 4.54. The average molecular weight is 288 g/mol. The molecule has 0 radical (unpaired) electrons. The minimum Gasteiger partial charge on any atom is -0.507 e. The van der Waals surface area contributed by atoms with Gasteiger partial charge in [-0.1, -0.05) is 25.1 Å². The first-order valence-corrected chi connectivity index (χ1v) is 7.31. The molecule has 0 unspecified atom stereocenters. The number of rotatable bonds is 2. The van der Waals surface area contributed by atoms with E-state index in [-0.39, 0.29) is 23.0 Å². The predicted molar refractivity (Wildman–Crippen MR) is 78.1 cm³/mol. The Morgan fingerprint density at radius 3 is 2.38 bits per heavy atom. The van der Waals surface area contributed by atoms with Gasteiger partial charge >= 0.3 is 0 Å². The summed E-state index contributed by atoms with van der Waals surface area (Å²) in [5.41, 5.74) is 0.589. The predicted octanol–water partition coefficient (Wildman–Crippen LogP) is 3.83. The lowest BCUT2D eigenvalue weighted by atomic mass is 9.73. The third-order valence-electron chi connectivity index (χ3n) is 4.38. The fraction of sp³-hybridized carbons (Fsp3) is 0.500. The number of hydrogen-bond donors (Lipinski definition) is 2. The summed E-state index contributed by atoms with van der Waals surface area (Å²) in [6.07, 6.45) is 4.37. The Bertz CT molecular complexity index is 618. The molecule has 1 heterocycles. The highest BCUT2D eigenvalue weighted by Crippen LogP contribution is 2.42. The van der Waals surface area contributed by atoms with Gasteiger partial charge in [0.15, 0.2) is 5.82 Å². The van der Waals surface area contributed by atoms with Gasteiger partial charge in [-0.05, 0) is 43.2 Å². The quantitative estimate of drug-likeness (QED) is 0.877. The molecule has 0 amide bonds. The van der Waals surface area contributed by atoms with Crippen LogP contribution in [0.5, 0.6) is 11.5 Å². The van der Waals surface area contributed by atoms with Crippen LogP contribution in [0, 0.1) is 5.41 Å². The molecule has 3 rings (SSSR count). The Balaban J connectivity index is 1.84. The van der Waals surface area contributed by atoms with Crippen LogP contribution in [0.1, 0.15) is 51.3 Å². The smallest absolute Gasteiger partial charge is 0.265 e. The van der Waals surface area contributed by atoms with Gasteiger partial charge in [0.25, 0.3) is 5.89 Å². The summed E-state index contributed by atoms with van der Waals surface area (Å²) in [5.74, 6) is 1.02. The Morgan fingerprint density at radius 2 is 1.76 bits per heavy atom. The third-order valence-corrected chi connectivity index (χ3v) is 4.38. The van der Waals surface area contributed by atoms with Crippen LogP contribution in [0.25, 0.3) is 11.5 Å². The highest BCUT2D eigenvalue weighted by Gasteiger charge is 2.30. The monoisotopic (exact) mass is 288 g/mol. The molecule has 1 aliphatic carbocycles. The Morgan fingerprint density at radius 1 is 1.14 bits per heavy atom. The van der Waals surface area contributed by atoms with E-state index in [2.05, 4.69) is 24.0 Å². The molecule has 1 saturated carbocycles. The zero-order valence-electron chi connectivity index (χ0n) is 12.3. The van der Waals surface area contributed by atoms with Crippen molar-refractivity contribution < 1.29 is 14.7 Å². The molecule has 0 bridgehead atoms. The largest absolute Gasteiger partial charge is 0.507 e. The van der Waals surface area contributed by atoms with Crippen LogP contribution in [0.2, 0.25) is 0 Å². The second-order valence-electron chi connectivity index (χ2n) is 6.57. The Kier molecular flexibility index (Phi) is 3.35. The molecule has 5 heteroatoms. The fourth-order valence-corrected chi connectivity index (χ4v) is 2.91. The number of benzene rings is 1. The van der Waals surface area contributed by atoms with Crippen molar-refractivity contribution in [2.75, 3.05) is 0 Å². The molecule has 1 aromatic heterocycles. The van der Waals surface area contributed by atoms with Crippen LogP contribution < -0.4 is 0 Å². The molecule has 0 aliphatic heterocycles. The highest BCUT2D eigenvalue weighted by atomic mass is 16.5. The first kappa shape index (κ1) is 13.9. The molecule has 5 nitrogen and oxygen atoms in total.